The molecule has 2 fully saturated rings. The van der Waals surface area contributed by atoms with E-state index in [1.807, 2.05) is 32.4 Å². The smallest absolute Gasteiger partial charge is 0.230 e. The van der Waals surface area contributed by atoms with Gasteiger partial charge in [-0.05, 0) is 36.6 Å². The van der Waals surface area contributed by atoms with E-state index in [2.05, 4.69) is 44.4 Å². The molecule has 1 saturated carbocycles. The molecular weight excluding hydrogens is 352 g/mol. The summed E-state index contributed by atoms with van der Waals surface area (Å²) in [5.74, 6) is 1.06. The van der Waals surface area contributed by atoms with E-state index < -0.39 is 0 Å². The largest absolute Gasteiger partial charge is 0.378 e. The molecule has 1 N–H and O–H groups in total. The highest BCUT2D eigenvalue weighted by Crippen LogP contribution is 2.48. The Labute approximate surface area is 166 Å². The zero-order chi connectivity index (χ0) is 19.6. The number of rotatable bonds is 6. The third-order valence-electron chi connectivity index (χ3n) is 5.74. The quantitative estimate of drug-likeness (QED) is 0.834. The van der Waals surface area contributed by atoms with Crippen LogP contribution in [0.2, 0.25) is 0 Å². The molecule has 4 rings (SSSR count). The topological polar surface area (TPSA) is 57.7 Å². The third-order valence-corrected chi connectivity index (χ3v) is 5.74. The van der Waals surface area contributed by atoms with E-state index in [0.29, 0.717) is 19.8 Å². The van der Waals surface area contributed by atoms with Crippen LogP contribution < -0.4 is 15.1 Å². The summed E-state index contributed by atoms with van der Waals surface area (Å²) in [6.45, 7) is 3.60. The van der Waals surface area contributed by atoms with E-state index in [1.54, 1.807) is 0 Å². The van der Waals surface area contributed by atoms with Crippen LogP contribution in [0.25, 0.3) is 0 Å². The number of nitrogens with zero attached hydrogens (tertiary/aromatic N) is 3. The van der Waals surface area contributed by atoms with E-state index in [-0.39, 0.29) is 11.3 Å². The second-order valence-electron chi connectivity index (χ2n) is 7.79. The molecule has 1 aromatic heterocycles. The van der Waals surface area contributed by atoms with Crippen molar-refractivity contribution in [2.75, 3.05) is 50.2 Å². The zero-order valence-electron chi connectivity index (χ0n) is 16.6. The first kappa shape index (κ1) is 18.7. The highest BCUT2D eigenvalue weighted by Gasteiger charge is 2.51. The lowest BCUT2D eigenvalue weighted by molar-refractivity contribution is -0.123. The Bertz CT molecular complexity index is 825. The third kappa shape index (κ3) is 3.69. The first-order valence-corrected chi connectivity index (χ1v) is 9.93. The predicted molar refractivity (Wildman–Crippen MR) is 111 cm³/mol. The van der Waals surface area contributed by atoms with Gasteiger partial charge in [-0.25, -0.2) is 4.98 Å². The van der Waals surface area contributed by atoms with Crippen LogP contribution in [-0.4, -0.2) is 51.3 Å². The molecule has 0 radical (unpaired) electrons. The Hall–Kier alpha value is -2.60. The number of pyridine rings is 1. The van der Waals surface area contributed by atoms with Gasteiger partial charge in [0, 0.05) is 51.2 Å². The number of hydrogen-bond acceptors (Lipinski definition) is 5. The molecular formula is C22H28N4O2. The van der Waals surface area contributed by atoms with Crippen molar-refractivity contribution >= 4 is 17.4 Å². The molecule has 2 heterocycles. The molecule has 148 valence electrons. The molecule has 1 amide bonds. The van der Waals surface area contributed by atoms with Crippen LogP contribution >= 0.6 is 0 Å². The lowest BCUT2D eigenvalue weighted by Gasteiger charge is -2.29. The Kier molecular flexibility index (Phi) is 5.22. The molecule has 1 aromatic carbocycles. The number of nitrogens with one attached hydrogen (secondary N) is 1. The highest BCUT2D eigenvalue weighted by molar-refractivity contribution is 5.91. The van der Waals surface area contributed by atoms with Crippen LogP contribution in [0.15, 0.2) is 42.6 Å². The summed E-state index contributed by atoms with van der Waals surface area (Å²) in [5.41, 5.74) is 2.93. The number of carbonyl (C=O) groups excluding carboxylic acids is 1. The van der Waals surface area contributed by atoms with Crippen molar-refractivity contribution in [3.05, 3.63) is 53.7 Å². The number of anilines is 2. The Morgan fingerprint density at radius 3 is 2.54 bits per heavy atom. The fourth-order valence-corrected chi connectivity index (χ4v) is 3.82. The average molecular weight is 380 g/mol. The van der Waals surface area contributed by atoms with Gasteiger partial charge in [-0.15, -0.1) is 0 Å². The minimum Gasteiger partial charge on any atom is -0.378 e. The van der Waals surface area contributed by atoms with Crippen molar-refractivity contribution in [3.8, 4) is 0 Å². The fourth-order valence-electron chi connectivity index (χ4n) is 3.82. The van der Waals surface area contributed by atoms with Crippen LogP contribution in [0, 0.1) is 0 Å². The number of ether oxygens (including phenoxy) is 1. The second kappa shape index (κ2) is 7.80. The Morgan fingerprint density at radius 1 is 1.18 bits per heavy atom. The Balaban J connectivity index is 1.45. The molecule has 0 atom stereocenters. The molecule has 0 bridgehead atoms. The van der Waals surface area contributed by atoms with Gasteiger partial charge in [0.05, 0.1) is 18.6 Å². The van der Waals surface area contributed by atoms with Gasteiger partial charge < -0.3 is 19.9 Å². The minimum atomic E-state index is -0.369. The Morgan fingerprint density at radius 2 is 1.89 bits per heavy atom. The molecule has 2 aliphatic rings. The van der Waals surface area contributed by atoms with E-state index in [4.69, 9.17) is 4.74 Å². The molecule has 6 nitrogen and oxygen atoms in total. The van der Waals surface area contributed by atoms with E-state index in [1.165, 1.54) is 0 Å². The molecule has 1 aliphatic heterocycles. The lowest BCUT2D eigenvalue weighted by Crippen LogP contribution is -2.38. The summed E-state index contributed by atoms with van der Waals surface area (Å²) in [4.78, 5) is 21.9. The summed E-state index contributed by atoms with van der Waals surface area (Å²) in [6, 6.07) is 12.3. The van der Waals surface area contributed by atoms with Gasteiger partial charge in [-0.3, -0.25) is 4.79 Å². The van der Waals surface area contributed by atoms with Gasteiger partial charge in [0.2, 0.25) is 5.91 Å². The number of morpholine rings is 1. The van der Waals surface area contributed by atoms with Crippen LogP contribution in [-0.2, 0) is 21.5 Å². The molecule has 0 unspecified atom stereocenters. The standard InChI is InChI=1S/C22H28N4O2/c1-25(2)19-7-5-18(6-8-19)22(9-10-22)21(27)24-16-17-4-3-11-23-20(17)26-12-14-28-15-13-26/h3-8,11H,9-10,12-16H2,1-2H3,(H,24,27). The summed E-state index contributed by atoms with van der Waals surface area (Å²) >= 11 is 0. The maximum atomic E-state index is 13.0. The summed E-state index contributed by atoms with van der Waals surface area (Å²) in [7, 11) is 4.04. The van der Waals surface area contributed by atoms with Gasteiger partial charge in [0.15, 0.2) is 0 Å². The molecule has 0 spiro atoms. The van der Waals surface area contributed by atoms with E-state index >= 15 is 0 Å². The maximum Gasteiger partial charge on any atom is 0.230 e. The van der Waals surface area contributed by atoms with Gasteiger partial charge >= 0.3 is 0 Å². The predicted octanol–water partition coefficient (Wildman–Crippen LogP) is 2.33. The fraction of sp³-hybridized carbons (Fsp3) is 0.455. The summed E-state index contributed by atoms with van der Waals surface area (Å²) < 4.78 is 5.44. The normalized spacial score (nSPS) is 17.9. The van der Waals surface area contributed by atoms with Gasteiger partial charge in [0.1, 0.15) is 5.82 Å². The molecule has 2 aromatic rings. The maximum absolute atomic E-state index is 13.0. The van der Waals surface area contributed by atoms with Crippen molar-refractivity contribution in [2.45, 2.75) is 24.8 Å². The lowest BCUT2D eigenvalue weighted by atomic mass is 9.94. The summed E-state index contributed by atoms with van der Waals surface area (Å²) in [6.07, 6.45) is 3.62. The van der Waals surface area contributed by atoms with Gasteiger partial charge in [0.25, 0.3) is 0 Å². The monoisotopic (exact) mass is 380 g/mol. The first-order chi connectivity index (χ1) is 13.6. The van der Waals surface area contributed by atoms with Crippen LogP contribution in [0.1, 0.15) is 24.0 Å². The number of benzene rings is 1. The average Bonchev–Trinajstić information content (AvgIpc) is 3.55. The van der Waals surface area contributed by atoms with Crippen molar-refractivity contribution < 1.29 is 9.53 Å². The first-order valence-electron chi connectivity index (χ1n) is 9.93. The number of amides is 1. The zero-order valence-corrected chi connectivity index (χ0v) is 16.6. The number of carbonyl (C=O) groups is 1. The molecule has 1 aliphatic carbocycles. The molecule has 6 heteroatoms. The number of hydrogen-bond donors (Lipinski definition) is 1. The van der Waals surface area contributed by atoms with Crippen LogP contribution in [0.5, 0.6) is 0 Å². The van der Waals surface area contributed by atoms with Gasteiger partial charge in [-0.2, -0.15) is 0 Å². The van der Waals surface area contributed by atoms with E-state index in [0.717, 1.165) is 48.6 Å². The van der Waals surface area contributed by atoms with Crippen LogP contribution in [0.3, 0.4) is 0 Å². The minimum absolute atomic E-state index is 0.113. The summed E-state index contributed by atoms with van der Waals surface area (Å²) in [5, 5.41) is 3.17. The van der Waals surface area contributed by atoms with Gasteiger partial charge in [-0.1, -0.05) is 18.2 Å². The van der Waals surface area contributed by atoms with Crippen molar-refractivity contribution in [1.29, 1.82) is 0 Å². The van der Waals surface area contributed by atoms with E-state index in [9.17, 15) is 4.79 Å². The molecule has 1 saturated heterocycles. The van der Waals surface area contributed by atoms with Crippen LogP contribution in [0.4, 0.5) is 11.5 Å². The van der Waals surface area contributed by atoms with Crippen molar-refractivity contribution in [3.63, 3.8) is 0 Å². The van der Waals surface area contributed by atoms with Crippen molar-refractivity contribution in [2.24, 2.45) is 0 Å². The molecule has 28 heavy (non-hydrogen) atoms. The SMILES string of the molecule is CN(C)c1ccc(C2(C(=O)NCc3cccnc3N3CCOCC3)CC2)cc1. The van der Waals surface area contributed by atoms with Crippen molar-refractivity contribution in [1.82, 2.24) is 10.3 Å². The number of aromatic nitrogens is 1. The second-order valence-corrected chi connectivity index (χ2v) is 7.79. The highest BCUT2D eigenvalue weighted by atomic mass is 16.5.